The van der Waals surface area contributed by atoms with Crippen molar-refractivity contribution < 1.29 is 28.6 Å². The molecule has 182 valence electrons. The number of carbonyl (C=O) groups is 3. The van der Waals surface area contributed by atoms with E-state index >= 15 is 0 Å². The molecule has 2 amide bonds. The van der Waals surface area contributed by atoms with Gasteiger partial charge in [0.15, 0.2) is 18.1 Å². The van der Waals surface area contributed by atoms with Crippen LogP contribution in [0.1, 0.15) is 35.3 Å². The highest BCUT2D eigenvalue weighted by atomic mass is 79.9. The van der Waals surface area contributed by atoms with Crippen LogP contribution in [0.25, 0.3) is 0 Å². The molecule has 1 unspecified atom stereocenters. The average Bonchev–Trinajstić information content (AvgIpc) is 2.81. The molecule has 2 rings (SSSR count). The molecule has 0 aliphatic carbocycles. The molecule has 0 aliphatic rings. The molecule has 2 N–H and O–H groups in total. The fourth-order valence-corrected chi connectivity index (χ4v) is 3.42. The second-order valence-corrected chi connectivity index (χ2v) is 8.55. The average molecular weight is 534 g/mol. The summed E-state index contributed by atoms with van der Waals surface area (Å²) in [6.45, 7) is 5.32. The summed E-state index contributed by atoms with van der Waals surface area (Å²) in [6, 6.07) is 9.63. The molecule has 0 saturated carbocycles. The van der Waals surface area contributed by atoms with Crippen molar-refractivity contribution in [1.82, 2.24) is 10.7 Å². The van der Waals surface area contributed by atoms with Gasteiger partial charge in [-0.25, -0.2) is 10.2 Å². The Balaban J connectivity index is 2.07. The summed E-state index contributed by atoms with van der Waals surface area (Å²) in [5.74, 6) is -0.796. The predicted molar refractivity (Wildman–Crippen MR) is 131 cm³/mol. The summed E-state index contributed by atoms with van der Waals surface area (Å²) in [6.07, 6.45) is 1.43. The van der Waals surface area contributed by atoms with Crippen LogP contribution in [-0.2, 0) is 14.3 Å². The lowest BCUT2D eigenvalue weighted by Crippen LogP contribution is -2.48. The van der Waals surface area contributed by atoms with E-state index < -0.39 is 17.9 Å². The number of nitrogens with one attached hydrogen (secondary N) is 2. The van der Waals surface area contributed by atoms with Crippen LogP contribution in [0.2, 0.25) is 0 Å². The van der Waals surface area contributed by atoms with E-state index in [9.17, 15) is 14.4 Å². The summed E-state index contributed by atoms with van der Waals surface area (Å²) in [5, 5.41) is 6.76. The predicted octanol–water partition coefficient (Wildman–Crippen LogP) is 3.22. The normalized spacial score (nSPS) is 11.7. The molecule has 0 bridgehead atoms. The van der Waals surface area contributed by atoms with Crippen LogP contribution in [0.15, 0.2) is 46.0 Å². The van der Waals surface area contributed by atoms with Crippen LogP contribution in [0.5, 0.6) is 11.5 Å². The number of hydrogen-bond acceptors (Lipinski definition) is 7. The third-order valence-corrected chi connectivity index (χ3v) is 5.34. The standard InChI is InChI=1S/C24H28BrN3O6/c1-14(2)21(27-23(30)17-8-6-15(3)7-9-17)24(31)28-26-12-16-10-18(25)22(19(11-16)32-4)34-13-20(29)33-5/h6-12,14,21H,13H2,1-5H3,(H,27,30)(H,28,31). The lowest BCUT2D eigenvalue weighted by atomic mass is 10.0. The van der Waals surface area contributed by atoms with Gasteiger partial charge < -0.3 is 19.5 Å². The Labute approximate surface area is 207 Å². The number of aryl methyl sites for hydroxylation is 1. The van der Waals surface area contributed by atoms with E-state index in [0.29, 0.717) is 27.1 Å². The number of ether oxygens (including phenoxy) is 3. The van der Waals surface area contributed by atoms with Gasteiger partial charge in [0.1, 0.15) is 6.04 Å². The van der Waals surface area contributed by atoms with Crippen LogP contribution in [0.3, 0.4) is 0 Å². The molecule has 0 fully saturated rings. The molecule has 1 atom stereocenters. The van der Waals surface area contributed by atoms with Gasteiger partial charge in [0.2, 0.25) is 0 Å². The van der Waals surface area contributed by atoms with E-state index in [1.165, 1.54) is 20.4 Å². The second kappa shape index (κ2) is 12.7. The molecule has 0 saturated heterocycles. The van der Waals surface area contributed by atoms with E-state index in [-0.39, 0.29) is 18.4 Å². The van der Waals surface area contributed by atoms with Crippen molar-refractivity contribution in [1.29, 1.82) is 0 Å². The summed E-state index contributed by atoms with van der Waals surface area (Å²) in [7, 11) is 2.73. The zero-order valence-electron chi connectivity index (χ0n) is 19.7. The molecule has 0 radical (unpaired) electrons. The SMILES string of the molecule is COC(=O)COc1c(Br)cc(C=NNC(=O)C(NC(=O)c2ccc(C)cc2)C(C)C)cc1OC. The molecule has 0 aromatic heterocycles. The van der Waals surface area contributed by atoms with Crippen molar-refractivity contribution in [3.05, 3.63) is 57.6 Å². The Morgan fingerprint density at radius 3 is 2.38 bits per heavy atom. The summed E-state index contributed by atoms with van der Waals surface area (Å²) >= 11 is 3.37. The van der Waals surface area contributed by atoms with Crippen LogP contribution < -0.4 is 20.2 Å². The van der Waals surface area contributed by atoms with E-state index in [1.807, 2.05) is 32.9 Å². The number of rotatable bonds is 10. The molecule has 2 aromatic rings. The molecule has 0 heterocycles. The van der Waals surface area contributed by atoms with Gasteiger partial charge in [-0.3, -0.25) is 9.59 Å². The smallest absolute Gasteiger partial charge is 0.343 e. The first-order chi connectivity index (χ1) is 16.2. The highest BCUT2D eigenvalue weighted by Gasteiger charge is 2.24. The minimum atomic E-state index is -0.777. The van der Waals surface area contributed by atoms with Crippen molar-refractivity contribution in [2.24, 2.45) is 11.0 Å². The van der Waals surface area contributed by atoms with Crippen LogP contribution in [-0.4, -0.2) is 50.9 Å². The maximum atomic E-state index is 12.7. The number of nitrogens with zero attached hydrogens (tertiary/aromatic N) is 1. The maximum absolute atomic E-state index is 12.7. The lowest BCUT2D eigenvalue weighted by Gasteiger charge is -2.20. The Kier molecular flexibility index (Phi) is 10.1. The topological polar surface area (TPSA) is 115 Å². The summed E-state index contributed by atoms with van der Waals surface area (Å²) < 4.78 is 15.9. The number of hydrogen-bond donors (Lipinski definition) is 2. The molecule has 34 heavy (non-hydrogen) atoms. The molecular weight excluding hydrogens is 506 g/mol. The van der Waals surface area contributed by atoms with E-state index in [1.54, 1.807) is 24.3 Å². The van der Waals surface area contributed by atoms with E-state index in [2.05, 4.69) is 36.5 Å². The third kappa shape index (κ3) is 7.58. The van der Waals surface area contributed by atoms with Gasteiger partial charge in [-0.15, -0.1) is 0 Å². The van der Waals surface area contributed by atoms with Crippen molar-refractivity contribution in [3.63, 3.8) is 0 Å². The largest absolute Gasteiger partial charge is 0.493 e. The molecule has 0 aliphatic heterocycles. The van der Waals surface area contributed by atoms with Gasteiger partial charge in [-0.2, -0.15) is 5.10 Å². The van der Waals surface area contributed by atoms with E-state index in [0.717, 1.165) is 5.56 Å². The number of hydrazone groups is 1. The van der Waals surface area contributed by atoms with Gasteiger partial charge in [0, 0.05) is 5.56 Å². The fraction of sp³-hybridized carbons (Fsp3) is 0.333. The summed E-state index contributed by atoms with van der Waals surface area (Å²) in [4.78, 5) is 36.6. The van der Waals surface area contributed by atoms with Gasteiger partial charge in [0.05, 0.1) is 24.9 Å². The first kappa shape index (κ1) is 26.8. The molecular formula is C24H28BrN3O6. The van der Waals surface area contributed by atoms with Gasteiger partial charge in [-0.1, -0.05) is 31.5 Å². The Hall–Kier alpha value is -3.40. The fourth-order valence-electron chi connectivity index (χ4n) is 2.85. The molecule has 2 aromatic carbocycles. The van der Waals surface area contributed by atoms with Crippen molar-refractivity contribution >= 4 is 39.9 Å². The second-order valence-electron chi connectivity index (χ2n) is 7.69. The lowest BCUT2D eigenvalue weighted by molar-refractivity contribution is -0.143. The van der Waals surface area contributed by atoms with Gasteiger partial charge >= 0.3 is 5.97 Å². The van der Waals surface area contributed by atoms with Crippen LogP contribution >= 0.6 is 15.9 Å². The van der Waals surface area contributed by atoms with Crippen molar-refractivity contribution in [2.45, 2.75) is 26.8 Å². The first-order valence-electron chi connectivity index (χ1n) is 10.4. The Bertz CT molecular complexity index is 1050. The molecule has 9 nitrogen and oxygen atoms in total. The molecule has 10 heteroatoms. The maximum Gasteiger partial charge on any atom is 0.343 e. The van der Waals surface area contributed by atoms with Gasteiger partial charge in [0.25, 0.3) is 11.8 Å². The third-order valence-electron chi connectivity index (χ3n) is 4.75. The highest BCUT2D eigenvalue weighted by Crippen LogP contribution is 2.36. The van der Waals surface area contributed by atoms with Crippen LogP contribution in [0.4, 0.5) is 0 Å². The quantitative estimate of drug-likeness (QED) is 0.275. The minimum Gasteiger partial charge on any atom is -0.493 e. The first-order valence-corrected chi connectivity index (χ1v) is 11.2. The van der Waals surface area contributed by atoms with Crippen LogP contribution in [0, 0.1) is 12.8 Å². The number of esters is 1. The number of methoxy groups -OCH3 is 2. The highest BCUT2D eigenvalue weighted by molar-refractivity contribution is 9.10. The summed E-state index contributed by atoms with van der Waals surface area (Å²) in [5.41, 5.74) is 4.57. The zero-order valence-corrected chi connectivity index (χ0v) is 21.3. The zero-order chi connectivity index (χ0) is 25.3. The van der Waals surface area contributed by atoms with Crippen molar-refractivity contribution in [2.75, 3.05) is 20.8 Å². The van der Waals surface area contributed by atoms with Gasteiger partial charge in [-0.05, 0) is 58.6 Å². The minimum absolute atomic E-state index is 0.162. The Morgan fingerprint density at radius 1 is 1.12 bits per heavy atom. The number of amides is 2. The molecule has 0 spiro atoms. The number of benzene rings is 2. The monoisotopic (exact) mass is 533 g/mol. The Morgan fingerprint density at radius 2 is 1.79 bits per heavy atom. The van der Waals surface area contributed by atoms with Crippen molar-refractivity contribution in [3.8, 4) is 11.5 Å². The number of carbonyl (C=O) groups excluding carboxylic acids is 3. The number of halogens is 1. The van der Waals surface area contributed by atoms with E-state index in [4.69, 9.17) is 9.47 Å².